The molecule has 18 heavy (non-hydrogen) atoms. The second kappa shape index (κ2) is 5.06. The van der Waals surface area contributed by atoms with Crippen LogP contribution in [0.5, 0.6) is 0 Å². The van der Waals surface area contributed by atoms with E-state index < -0.39 is 0 Å². The third-order valence-electron chi connectivity index (χ3n) is 3.75. The molecule has 0 aromatic carbocycles. The van der Waals surface area contributed by atoms with Crippen LogP contribution in [0.2, 0.25) is 0 Å². The van der Waals surface area contributed by atoms with Gasteiger partial charge in [-0.15, -0.1) is 0 Å². The first-order chi connectivity index (χ1) is 8.81. The zero-order chi connectivity index (χ0) is 12.4. The largest absolute Gasteiger partial charge is 0.464 e. The zero-order valence-corrected chi connectivity index (χ0v) is 10.9. The lowest BCUT2D eigenvalue weighted by Gasteiger charge is -2.32. The highest BCUT2D eigenvalue weighted by atomic mass is 16.3. The van der Waals surface area contributed by atoms with E-state index in [9.17, 15) is 0 Å². The van der Waals surface area contributed by atoms with Crippen LogP contribution in [0.25, 0.3) is 0 Å². The van der Waals surface area contributed by atoms with Crippen LogP contribution in [-0.4, -0.2) is 35.6 Å². The Morgan fingerprint density at radius 2 is 2.11 bits per heavy atom. The minimum absolute atomic E-state index is 0.700. The molecule has 1 fully saturated rings. The molecular weight excluding hydrogens is 226 g/mol. The molecule has 0 saturated carbocycles. The summed E-state index contributed by atoms with van der Waals surface area (Å²) in [4.78, 5) is 4.76. The first-order valence-corrected chi connectivity index (χ1v) is 6.75. The molecule has 2 aliphatic rings. The van der Waals surface area contributed by atoms with Gasteiger partial charge >= 0.3 is 0 Å². The smallest absolute Gasteiger partial charge is 0.123 e. The predicted octanol–water partition coefficient (Wildman–Crippen LogP) is 1.89. The van der Waals surface area contributed by atoms with E-state index in [4.69, 9.17) is 4.42 Å². The number of furan rings is 1. The Kier molecular flexibility index (Phi) is 3.28. The maximum Gasteiger partial charge on any atom is 0.123 e. The molecule has 0 bridgehead atoms. The quantitative estimate of drug-likeness (QED) is 0.884. The van der Waals surface area contributed by atoms with Crippen molar-refractivity contribution in [2.75, 3.05) is 19.8 Å². The Morgan fingerprint density at radius 1 is 1.28 bits per heavy atom. The fourth-order valence-corrected chi connectivity index (χ4v) is 2.73. The van der Waals surface area contributed by atoms with E-state index >= 15 is 0 Å². The number of hydrogen-bond acceptors (Lipinski definition) is 4. The topological polar surface area (TPSA) is 31.6 Å². The highest BCUT2D eigenvalue weighted by Crippen LogP contribution is 2.19. The SMILES string of the molecule is Cc1ccc(CN2C=CN(C3CCNCC3)C2)o1. The molecule has 98 valence electrons. The van der Waals surface area contributed by atoms with Gasteiger partial charge in [0.15, 0.2) is 0 Å². The third kappa shape index (κ3) is 2.53. The van der Waals surface area contributed by atoms with Gasteiger partial charge in [0.1, 0.15) is 11.5 Å². The third-order valence-corrected chi connectivity index (χ3v) is 3.75. The molecule has 2 aliphatic heterocycles. The second-order valence-electron chi connectivity index (χ2n) is 5.19. The fraction of sp³-hybridized carbons (Fsp3) is 0.571. The van der Waals surface area contributed by atoms with Gasteiger partial charge in [0.05, 0.1) is 13.2 Å². The van der Waals surface area contributed by atoms with Crippen molar-refractivity contribution in [1.29, 1.82) is 0 Å². The Bertz CT molecular complexity index is 420. The monoisotopic (exact) mass is 247 g/mol. The molecule has 1 aromatic rings. The highest BCUT2D eigenvalue weighted by molar-refractivity contribution is 5.07. The van der Waals surface area contributed by atoms with Crippen molar-refractivity contribution in [3.63, 3.8) is 0 Å². The van der Waals surface area contributed by atoms with Crippen LogP contribution < -0.4 is 5.32 Å². The molecule has 3 heterocycles. The first kappa shape index (κ1) is 11.7. The summed E-state index contributed by atoms with van der Waals surface area (Å²) in [7, 11) is 0. The number of piperidine rings is 1. The van der Waals surface area contributed by atoms with Crippen molar-refractivity contribution in [2.45, 2.75) is 32.4 Å². The van der Waals surface area contributed by atoms with Gasteiger partial charge in [0.25, 0.3) is 0 Å². The molecule has 0 atom stereocenters. The minimum Gasteiger partial charge on any atom is -0.464 e. The van der Waals surface area contributed by atoms with Crippen LogP contribution in [-0.2, 0) is 6.54 Å². The normalized spacial score (nSPS) is 20.9. The average molecular weight is 247 g/mol. The summed E-state index contributed by atoms with van der Waals surface area (Å²) in [6, 6.07) is 4.79. The van der Waals surface area contributed by atoms with Crippen LogP contribution in [0.15, 0.2) is 28.9 Å². The molecule has 3 rings (SSSR count). The summed E-state index contributed by atoms with van der Waals surface area (Å²) in [5.74, 6) is 2.03. The van der Waals surface area contributed by atoms with Crippen LogP contribution in [0.3, 0.4) is 0 Å². The van der Waals surface area contributed by atoms with Gasteiger partial charge in [-0.3, -0.25) is 0 Å². The number of nitrogens with one attached hydrogen (secondary N) is 1. The van der Waals surface area contributed by atoms with Crippen molar-refractivity contribution < 1.29 is 4.42 Å². The molecule has 4 heteroatoms. The highest BCUT2D eigenvalue weighted by Gasteiger charge is 2.23. The Hall–Kier alpha value is -1.42. The van der Waals surface area contributed by atoms with Crippen LogP contribution in [0.4, 0.5) is 0 Å². The Morgan fingerprint density at radius 3 is 2.83 bits per heavy atom. The van der Waals surface area contributed by atoms with Gasteiger partial charge in [0, 0.05) is 18.4 Å². The van der Waals surface area contributed by atoms with Crippen LogP contribution >= 0.6 is 0 Å². The van der Waals surface area contributed by atoms with Gasteiger partial charge in [0.2, 0.25) is 0 Å². The predicted molar refractivity (Wildman–Crippen MR) is 70.7 cm³/mol. The van der Waals surface area contributed by atoms with Crippen molar-refractivity contribution in [3.05, 3.63) is 36.1 Å². The van der Waals surface area contributed by atoms with Gasteiger partial charge in [-0.05, 0) is 45.0 Å². The zero-order valence-electron chi connectivity index (χ0n) is 10.9. The Balaban J connectivity index is 1.54. The Labute approximate surface area is 108 Å². The molecule has 0 radical (unpaired) electrons. The van der Waals surface area contributed by atoms with Crippen LogP contribution in [0.1, 0.15) is 24.4 Å². The summed E-state index contributed by atoms with van der Waals surface area (Å²) in [5, 5.41) is 3.41. The summed E-state index contributed by atoms with van der Waals surface area (Å²) >= 11 is 0. The molecule has 1 saturated heterocycles. The van der Waals surface area contributed by atoms with E-state index in [2.05, 4.69) is 33.6 Å². The molecular formula is C14H21N3O. The first-order valence-electron chi connectivity index (χ1n) is 6.75. The molecule has 0 spiro atoms. The van der Waals surface area contributed by atoms with E-state index in [1.165, 1.54) is 12.8 Å². The maximum absolute atomic E-state index is 5.62. The molecule has 0 unspecified atom stereocenters. The molecule has 0 aliphatic carbocycles. The van der Waals surface area contributed by atoms with E-state index in [-0.39, 0.29) is 0 Å². The molecule has 1 N–H and O–H groups in total. The van der Waals surface area contributed by atoms with Crippen molar-refractivity contribution >= 4 is 0 Å². The van der Waals surface area contributed by atoms with E-state index in [1.54, 1.807) is 0 Å². The van der Waals surface area contributed by atoms with Gasteiger partial charge in [-0.25, -0.2) is 0 Å². The summed E-state index contributed by atoms with van der Waals surface area (Å²) in [5.41, 5.74) is 0. The van der Waals surface area contributed by atoms with Crippen molar-refractivity contribution in [3.8, 4) is 0 Å². The number of aryl methyl sites for hydroxylation is 1. The van der Waals surface area contributed by atoms with Crippen molar-refractivity contribution in [1.82, 2.24) is 15.1 Å². The van der Waals surface area contributed by atoms with Gasteiger partial charge in [-0.2, -0.15) is 0 Å². The summed E-state index contributed by atoms with van der Waals surface area (Å²) in [6.07, 6.45) is 6.90. The van der Waals surface area contributed by atoms with Crippen LogP contribution in [0, 0.1) is 6.92 Å². The standard InChI is InChI=1S/C14H21N3O/c1-12-2-3-14(18-12)10-16-8-9-17(11-16)13-4-6-15-7-5-13/h2-3,8-9,13,15H,4-7,10-11H2,1H3. The van der Waals surface area contributed by atoms with Gasteiger partial charge in [-0.1, -0.05) is 0 Å². The number of rotatable bonds is 3. The second-order valence-corrected chi connectivity index (χ2v) is 5.19. The summed E-state index contributed by atoms with van der Waals surface area (Å²) < 4.78 is 5.62. The minimum atomic E-state index is 0.700. The lowest BCUT2D eigenvalue weighted by Crippen LogP contribution is -2.41. The molecule has 4 nitrogen and oxygen atoms in total. The average Bonchev–Trinajstić information content (AvgIpc) is 3.01. The molecule has 0 amide bonds. The maximum atomic E-state index is 5.62. The lowest BCUT2D eigenvalue weighted by molar-refractivity contribution is 0.173. The van der Waals surface area contributed by atoms with E-state index in [0.29, 0.717) is 6.04 Å². The summed E-state index contributed by atoms with van der Waals surface area (Å²) in [6.45, 7) is 6.14. The van der Waals surface area contributed by atoms with E-state index in [1.807, 2.05) is 13.0 Å². The van der Waals surface area contributed by atoms with Gasteiger partial charge < -0.3 is 19.5 Å². The molecule has 1 aromatic heterocycles. The fourth-order valence-electron chi connectivity index (χ4n) is 2.73. The van der Waals surface area contributed by atoms with E-state index in [0.717, 1.165) is 37.8 Å². The van der Waals surface area contributed by atoms with Crippen molar-refractivity contribution in [2.24, 2.45) is 0 Å². The number of hydrogen-bond donors (Lipinski definition) is 1. The number of nitrogens with zero attached hydrogens (tertiary/aromatic N) is 2. The lowest BCUT2D eigenvalue weighted by atomic mass is 10.1.